The molecule has 3 heterocycles. The van der Waals surface area contributed by atoms with Crippen LogP contribution in [0.3, 0.4) is 0 Å². The fourth-order valence-electron chi connectivity index (χ4n) is 3.94. The van der Waals surface area contributed by atoms with Crippen LogP contribution in [0.4, 0.5) is 10.3 Å². The normalized spacial score (nSPS) is 18.3. The fraction of sp³-hybridized carbons (Fsp3) is 0.304. The van der Waals surface area contributed by atoms with Crippen LogP contribution in [0.2, 0.25) is 5.02 Å². The van der Waals surface area contributed by atoms with Crippen molar-refractivity contribution in [1.82, 2.24) is 9.97 Å². The van der Waals surface area contributed by atoms with E-state index in [0.29, 0.717) is 34.1 Å². The van der Waals surface area contributed by atoms with Crippen molar-refractivity contribution >= 4 is 28.3 Å². The maximum absolute atomic E-state index is 14.7. The Balaban J connectivity index is 1.18. The molecule has 0 spiro atoms. The number of fused-ring (bicyclic) bond motifs is 1. The molecule has 2 aliphatic rings. The molecule has 3 aromatic rings. The molecule has 6 nitrogen and oxygen atoms in total. The van der Waals surface area contributed by atoms with Crippen LogP contribution in [0.15, 0.2) is 53.7 Å². The number of halogens is 2. The number of ether oxygens (including phenoxy) is 2. The van der Waals surface area contributed by atoms with Crippen LogP contribution >= 0.6 is 11.6 Å². The molecule has 0 bridgehead atoms. The van der Waals surface area contributed by atoms with Crippen molar-refractivity contribution in [3.63, 3.8) is 0 Å². The number of piperidine rings is 1. The zero-order valence-corrected chi connectivity index (χ0v) is 18.7. The van der Waals surface area contributed by atoms with Crippen LogP contribution in [0, 0.1) is 11.7 Å². The van der Waals surface area contributed by atoms with Gasteiger partial charge in [-0.1, -0.05) is 23.7 Å². The van der Waals surface area contributed by atoms with Crippen LogP contribution in [0.25, 0.3) is 11.1 Å². The first-order chi connectivity index (χ1) is 15.6. The highest BCUT2D eigenvalue weighted by molar-refractivity contribution is 7.85. The maximum atomic E-state index is 14.7. The number of hydrogen-bond acceptors (Lipinski definition) is 6. The number of benzene rings is 2. The Morgan fingerprint density at radius 2 is 1.84 bits per heavy atom. The molecule has 0 saturated carbocycles. The van der Waals surface area contributed by atoms with Crippen molar-refractivity contribution in [3.05, 3.63) is 59.6 Å². The van der Waals surface area contributed by atoms with Gasteiger partial charge in [-0.3, -0.25) is 4.21 Å². The van der Waals surface area contributed by atoms with Crippen LogP contribution in [0.1, 0.15) is 12.8 Å². The number of anilines is 1. The summed E-state index contributed by atoms with van der Waals surface area (Å²) < 4.78 is 37.8. The fourth-order valence-corrected chi connectivity index (χ4v) is 4.96. The van der Waals surface area contributed by atoms with E-state index in [9.17, 15) is 8.60 Å². The van der Waals surface area contributed by atoms with Gasteiger partial charge in [0.25, 0.3) is 0 Å². The van der Waals surface area contributed by atoms with Crippen LogP contribution < -0.4 is 14.4 Å². The Morgan fingerprint density at radius 3 is 2.59 bits per heavy atom. The summed E-state index contributed by atoms with van der Waals surface area (Å²) in [5.41, 5.74) is 1.53. The van der Waals surface area contributed by atoms with Gasteiger partial charge in [0.1, 0.15) is 5.75 Å². The minimum Gasteiger partial charge on any atom is -0.490 e. The standard InChI is InChI=1S/C23H21ClFN3O3S/c24-18-11-26-23(27-12-18)28-7-5-15(6-8-28)13-30-20-3-1-16(9-19(20)25)17-2-4-22-21(10-17)31-14-32(22)29/h1-4,9-12,15H,5-8,13-14H2/t32-/m0/s1. The molecule has 0 amide bonds. The second-order valence-corrected chi connectivity index (χ2v) is 9.66. The summed E-state index contributed by atoms with van der Waals surface area (Å²) in [7, 11) is -1.12. The lowest BCUT2D eigenvalue weighted by atomic mass is 9.98. The molecule has 1 fully saturated rings. The van der Waals surface area contributed by atoms with Crippen LogP contribution in [-0.4, -0.2) is 39.8 Å². The zero-order valence-electron chi connectivity index (χ0n) is 17.2. The molecule has 166 valence electrons. The van der Waals surface area contributed by atoms with Gasteiger partial charge in [0, 0.05) is 13.1 Å². The van der Waals surface area contributed by atoms with Crippen molar-refractivity contribution < 1.29 is 18.1 Å². The molecule has 1 aromatic heterocycles. The van der Waals surface area contributed by atoms with Crippen molar-refractivity contribution in [2.45, 2.75) is 17.7 Å². The summed E-state index contributed by atoms with van der Waals surface area (Å²) in [6.45, 7) is 2.11. The van der Waals surface area contributed by atoms with E-state index in [4.69, 9.17) is 21.1 Å². The predicted octanol–water partition coefficient (Wildman–Crippen LogP) is 4.69. The largest absolute Gasteiger partial charge is 0.490 e. The van der Waals surface area contributed by atoms with Gasteiger partial charge in [-0.15, -0.1) is 0 Å². The minimum atomic E-state index is -1.12. The second kappa shape index (κ2) is 9.03. The van der Waals surface area contributed by atoms with Gasteiger partial charge in [0.15, 0.2) is 17.5 Å². The summed E-state index contributed by atoms with van der Waals surface area (Å²) in [6.07, 6.45) is 5.04. The topological polar surface area (TPSA) is 64.6 Å². The summed E-state index contributed by atoms with van der Waals surface area (Å²) in [4.78, 5) is 11.3. The van der Waals surface area contributed by atoms with Gasteiger partial charge >= 0.3 is 0 Å². The summed E-state index contributed by atoms with van der Waals surface area (Å²) in [5.74, 6) is 1.63. The van der Waals surface area contributed by atoms with E-state index in [1.807, 2.05) is 12.1 Å². The summed E-state index contributed by atoms with van der Waals surface area (Å²) in [6, 6.07) is 10.4. The average Bonchev–Trinajstić information content (AvgIpc) is 3.19. The highest BCUT2D eigenvalue weighted by Gasteiger charge is 2.23. The van der Waals surface area contributed by atoms with Gasteiger partial charge in [-0.2, -0.15) is 0 Å². The Bertz CT molecular complexity index is 1150. The second-order valence-electron chi connectivity index (χ2n) is 7.86. The van der Waals surface area contributed by atoms with E-state index < -0.39 is 16.6 Å². The first kappa shape index (κ1) is 21.2. The van der Waals surface area contributed by atoms with E-state index in [1.54, 1.807) is 30.6 Å². The highest BCUT2D eigenvalue weighted by Crippen LogP contribution is 2.34. The van der Waals surface area contributed by atoms with Crippen LogP contribution in [0.5, 0.6) is 11.5 Å². The minimum absolute atomic E-state index is 0.172. The number of rotatable bonds is 5. The van der Waals surface area contributed by atoms with Gasteiger partial charge in [0.05, 0.1) is 39.7 Å². The molecule has 2 aromatic carbocycles. The van der Waals surface area contributed by atoms with Crippen molar-refractivity contribution in [3.8, 4) is 22.6 Å². The number of aromatic nitrogens is 2. The molecule has 0 radical (unpaired) electrons. The smallest absolute Gasteiger partial charge is 0.225 e. The van der Waals surface area contributed by atoms with Crippen molar-refractivity contribution in [2.24, 2.45) is 5.92 Å². The Kier molecular flexibility index (Phi) is 5.97. The van der Waals surface area contributed by atoms with Gasteiger partial charge < -0.3 is 14.4 Å². The molecule has 9 heteroatoms. The van der Waals surface area contributed by atoms with E-state index in [1.165, 1.54) is 6.07 Å². The average molecular weight is 474 g/mol. The van der Waals surface area contributed by atoms with E-state index in [2.05, 4.69) is 14.9 Å². The molecule has 0 N–H and O–H groups in total. The number of hydrogen-bond donors (Lipinski definition) is 0. The maximum Gasteiger partial charge on any atom is 0.225 e. The molecule has 0 aliphatic carbocycles. The molecular weight excluding hydrogens is 453 g/mol. The summed E-state index contributed by atoms with van der Waals surface area (Å²) >= 11 is 5.85. The monoisotopic (exact) mass is 473 g/mol. The SMILES string of the molecule is O=[S@]1COc2cc(-c3ccc(OCC4CCN(c5ncc(Cl)cn5)CC4)c(F)c3)ccc21. The third-order valence-corrected chi connectivity index (χ3v) is 7.11. The Hall–Kier alpha value is -2.71. The first-order valence-electron chi connectivity index (χ1n) is 10.4. The predicted molar refractivity (Wildman–Crippen MR) is 121 cm³/mol. The lowest BCUT2D eigenvalue weighted by molar-refractivity contribution is 0.215. The van der Waals surface area contributed by atoms with Gasteiger partial charge in [-0.25, -0.2) is 14.4 Å². The lowest BCUT2D eigenvalue weighted by Crippen LogP contribution is -2.36. The Labute approximate surface area is 192 Å². The third kappa shape index (κ3) is 4.42. The van der Waals surface area contributed by atoms with E-state index in [0.717, 1.165) is 37.1 Å². The molecule has 2 aliphatic heterocycles. The lowest BCUT2D eigenvalue weighted by Gasteiger charge is -2.31. The third-order valence-electron chi connectivity index (χ3n) is 5.75. The molecule has 5 rings (SSSR count). The molecule has 32 heavy (non-hydrogen) atoms. The van der Waals surface area contributed by atoms with Crippen molar-refractivity contribution in [1.29, 1.82) is 0 Å². The molecule has 0 unspecified atom stereocenters. The van der Waals surface area contributed by atoms with Crippen molar-refractivity contribution in [2.75, 3.05) is 30.5 Å². The number of nitrogens with zero attached hydrogens (tertiary/aromatic N) is 3. The molecule has 1 atom stereocenters. The molecule has 1 saturated heterocycles. The van der Waals surface area contributed by atoms with E-state index >= 15 is 0 Å². The Morgan fingerprint density at radius 1 is 1.12 bits per heavy atom. The quantitative estimate of drug-likeness (QED) is 0.535. The van der Waals surface area contributed by atoms with E-state index in [-0.39, 0.29) is 11.7 Å². The molecular formula is C23H21ClFN3O3S. The highest BCUT2D eigenvalue weighted by atomic mass is 35.5. The van der Waals surface area contributed by atoms with Gasteiger partial charge in [0.2, 0.25) is 5.95 Å². The summed E-state index contributed by atoms with van der Waals surface area (Å²) in [5, 5.41) is 0.519. The zero-order chi connectivity index (χ0) is 22.1. The first-order valence-corrected chi connectivity index (χ1v) is 12.1. The van der Waals surface area contributed by atoms with Gasteiger partial charge in [-0.05, 0) is 54.2 Å². The van der Waals surface area contributed by atoms with Crippen LogP contribution in [-0.2, 0) is 10.8 Å².